The first kappa shape index (κ1) is 11.5. The molecule has 1 aliphatic rings. The van der Waals surface area contributed by atoms with Crippen molar-refractivity contribution in [2.24, 2.45) is 5.92 Å². The van der Waals surface area contributed by atoms with Crippen molar-refractivity contribution in [3.63, 3.8) is 0 Å². The lowest BCUT2D eigenvalue weighted by atomic mass is 9.91. The highest BCUT2D eigenvalue weighted by molar-refractivity contribution is 9.10. The standard InChI is InChI=1S/C12H14BrNO2/c13-10-4-3-8(5-11(10)14)9(6-12(15)16)7-1-2-7/h3-5,7,9H,1-2,6,14H2,(H,15,16). The second kappa shape index (κ2) is 4.45. The Morgan fingerprint density at radius 2 is 2.25 bits per heavy atom. The van der Waals surface area contributed by atoms with E-state index in [1.807, 2.05) is 18.2 Å². The molecule has 1 fully saturated rings. The molecular weight excluding hydrogens is 270 g/mol. The summed E-state index contributed by atoms with van der Waals surface area (Å²) in [5.74, 6) is -0.0945. The van der Waals surface area contributed by atoms with Crippen molar-refractivity contribution in [2.75, 3.05) is 5.73 Å². The summed E-state index contributed by atoms with van der Waals surface area (Å²) in [6.45, 7) is 0. The van der Waals surface area contributed by atoms with Gasteiger partial charge in [0.15, 0.2) is 0 Å². The molecule has 1 aromatic rings. The molecule has 0 spiro atoms. The number of aliphatic carboxylic acids is 1. The third kappa shape index (κ3) is 2.55. The number of hydrogen-bond donors (Lipinski definition) is 2. The number of nitrogens with two attached hydrogens (primary N) is 1. The van der Waals surface area contributed by atoms with Gasteiger partial charge in [-0.05, 0) is 58.3 Å². The van der Waals surface area contributed by atoms with Crippen LogP contribution in [-0.2, 0) is 4.79 Å². The number of benzene rings is 1. The predicted octanol–water partition coefficient (Wildman–Crippen LogP) is 3.00. The van der Waals surface area contributed by atoms with Crippen LogP contribution < -0.4 is 5.73 Å². The van der Waals surface area contributed by atoms with Gasteiger partial charge < -0.3 is 10.8 Å². The van der Waals surface area contributed by atoms with Crippen LogP contribution in [0.3, 0.4) is 0 Å². The van der Waals surface area contributed by atoms with Crippen molar-refractivity contribution in [2.45, 2.75) is 25.2 Å². The minimum Gasteiger partial charge on any atom is -0.481 e. The zero-order valence-electron chi connectivity index (χ0n) is 8.82. The molecule has 0 radical (unpaired) electrons. The van der Waals surface area contributed by atoms with Gasteiger partial charge in [0.25, 0.3) is 0 Å². The normalized spacial score (nSPS) is 17.1. The molecule has 3 nitrogen and oxygen atoms in total. The molecular formula is C12H14BrNO2. The molecule has 0 amide bonds. The van der Waals surface area contributed by atoms with Crippen LogP contribution in [0, 0.1) is 5.92 Å². The molecule has 0 aliphatic heterocycles. The molecule has 1 atom stereocenters. The average Bonchev–Trinajstić information content (AvgIpc) is 3.02. The van der Waals surface area contributed by atoms with Gasteiger partial charge in [-0.15, -0.1) is 0 Å². The Morgan fingerprint density at radius 3 is 2.75 bits per heavy atom. The van der Waals surface area contributed by atoms with Crippen molar-refractivity contribution in [3.05, 3.63) is 28.2 Å². The SMILES string of the molecule is Nc1cc(C(CC(=O)O)C2CC2)ccc1Br. The first-order chi connectivity index (χ1) is 7.58. The Kier molecular flexibility index (Phi) is 3.19. The first-order valence-electron chi connectivity index (χ1n) is 5.34. The van der Waals surface area contributed by atoms with Crippen LogP contribution in [0.1, 0.15) is 30.7 Å². The van der Waals surface area contributed by atoms with Crippen LogP contribution >= 0.6 is 15.9 Å². The second-order valence-electron chi connectivity index (χ2n) is 4.32. The van der Waals surface area contributed by atoms with Crippen LogP contribution in [0.2, 0.25) is 0 Å². The van der Waals surface area contributed by atoms with Gasteiger partial charge in [0.2, 0.25) is 0 Å². The largest absolute Gasteiger partial charge is 0.481 e. The lowest BCUT2D eigenvalue weighted by Gasteiger charge is -2.15. The van der Waals surface area contributed by atoms with Gasteiger partial charge in [0, 0.05) is 10.2 Å². The zero-order valence-corrected chi connectivity index (χ0v) is 10.4. The van der Waals surface area contributed by atoms with Crippen LogP contribution in [-0.4, -0.2) is 11.1 Å². The Bertz CT molecular complexity index is 415. The summed E-state index contributed by atoms with van der Waals surface area (Å²) in [6, 6.07) is 5.74. The Hall–Kier alpha value is -1.03. The van der Waals surface area contributed by atoms with E-state index in [1.54, 1.807) is 0 Å². The molecule has 2 rings (SSSR count). The van der Waals surface area contributed by atoms with Crippen molar-refractivity contribution in [1.29, 1.82) is 0 Å². The van der Waals surface area contributed by atoms with Gasteiger partial charge in [0.05, 0.1) is 6.42 Å². The Morgan fingerprint density at radius 1 is 1.56 bits per heavy atom. The predicted molar refractivity (Wildman–Crippen MR) is 66.3 cm³/mol. The van der Waals surface area contributed by atoms with Crippen molar-refractivity contribution >= 4 is 27.6 Å². The molecule has 86 valence electrons. The van der Waals surface area contributed by atoms with Gasteiger partial charge in [0.1, 0.15) is 0 Å². The molecule has 1 saturated carbocycles. The minimum atomic E-state index is -0.738. The highest BCUT2D eigenvalue weighted by atomic mass is 79.9. The van der Waals surface area contributed by atoms with E-state index in [0.29, 0.717) is 11.6 Å². The van der Waals surface area contributed by atoms with Crippen LogP contribution in [0.25, 0.3) is 0 Å². The molecule has 4 heteroatoms. The number of nitrogen functional groups attached to an aromatic ring is 1. The van der Waals surface area contributed by atoms with E-state index in [9.17, 15) is 4.79 Å². The van der Waals surface area contributed by atoms with Gasteiger partial charge in [-0.25, -0.2) is 0 Å². The van der Waals surface area contributed by atoms with Crippen LogP contribution in [0.15, 0.2) is 22.7 Å². The number of carboxylic acid groups (broad SMARTS) is 1. The topological polar surface area (TPSA) is 63.3 Å². The van der Waals surface area contributed by atoms with Crippen LogP contribution in [0.5, 0.6) is 0 Å². The fraction of sp³-hybridized carbons (Fsp3) is 0.417. The average molecular weight is 284 g/mol. The number of rotatable bonds is 4. The fourth-order valence-corrected chi connectivity index (χ4v) is 2.28. The lowest BCUT2D eigenvalue weighted by molar-refractivity contribution is -0.137. The quantitative estimate of drug-likeness (QED) is 0.835. The molecule has 0 heterocycles. The van der Waals surface area contributed by atoms with Crippen molar-refractivity contribution < 1.29 is 9.90 Å². The maximum absolute atomic E-state index is 10.8. The summed E-state index contributed by atoms with van der Waals surface area (Å²) in [5, 5.41) is 8.91. The molecule has 3 N–H and O–H groups in total. The molecule has 1 aliphatic carbocycles. The second-order valence-corrected chi connectivity index (χ2v) is 5.18. The molecule has 1 aromatic carbocycles. The number of anilines is 1. The van der Waals surface area contributed by atoms with Gasteiger partial charge >= 0.3 is 5.97 Å². The highest BCUT2D eigenvalue weighted by Crippen LogP contribution is 2.45. The third-order valence-corrected chi connectivity index (χ3v) is 3.76. The Balaban J connectivity index is 2.24. The number of halogens is 1. The molecule has 0 bridgehead atoms. The van der Waals surface area contributed by atoms with E-state index in [2.05, 4.69) is 15.9 Å². The summed E-state index contributed by atoms with van der Waals surface area (Å²) < 4.78 is 0.862. The summed E-state index contributed by atoms with van der Waals surface area (Å²) in [7, 11) is 0. The van der Waals surface area contributed by atoms with E-state index in [1.165, 1.54) is 0 Å². The van der Waals surface area contributed by atoms with Crippen LogP contribution in [0.4, 0.5) is 5.69 Å². The van der Waals surface area contributed by atoms with E-state index in [0.717, 1.165) is 22.9 Å². The first-order valence-corrected chi connectivity index (χ1v) is 6.14. The molecule has 0 saturated heterocycles. The maximum atomic E-state index is 10.8. The van der Waals surface area contributed by atoms with E-state index in [-0.39, 0.29) is 12.3 Å². The van der Waals surface area contributed by atoms with E-state index in [4.69, 9.17) is 10.8 Å². The highest BCUT2D eigenvalue weighted by Gasteiger charge is 2.33. The zero-order chi connectivity index (χ0) is 11.7. The smallest absolute Gasteiger partial charge is 0.303 e. The molecule has 0 aromatic heterocycles. The number of hydrogen-bond acceptors (Lipinski definition) is 2. The molecule has 1 unspecified atom stereocenters. The number of carboxylic acids is 1. The van der Waals surface area contributed by atoms with E-state index < -0.39 is 5.97 Å². The summed E-state index contributed by atoms with van der Waals surface area (Å²) >= 11 is 3.34. The summed E-state index contributed by atoms with van der Waals surface area (Å²) in [5.41, 5.74) is 7.54. The summed E-state index contributed by atoms with van der Waals surface area (Å²) in [4.78, 5) is 10.8. The minimum absolute atomic E-state index is 0.118. The number of carbonyl (C=O) groups is 1. The fourth-order valence-electron chi connectivity index (χ4n) is 2.04. The molecule has 16 heavy (non-hydrogen) atoms. The monoisotopic (exact) mass is 283 g/mol. The third-order valence-electron chi connectivity index (χ3n) is 3.03. The lowest BCUT2D eigenvalue weighted by Crippen LogP contribution is -2.08. The van der Waals surface area contributed by atoms with Gasteiger partial charge in [-0.2, -0.15) is 0 Å². The van der Waals surface area contributed by atoms with Gasteiger partial charge in [-0.3, -0.25) is 4.79 Å². The van der Waals surface area contributed by atoms with Crippen molar-refractivity contribution in [3.8, 4) is 0 Å². The van der Waals surface area contributed by atoms with E-state index >= 15 is 0 Å². The summed E-state index contributed by atoms with van der Waals surface area (Å²) in [6.07, 6.45) is 2.47. The van der Waals surface area contributed by atoms with Crippen molar-refractivity contribution in [1.82, 2.24) is 0 Å². The maximum Gasteiger partial charge on any atom is 0.303 e. The Labute approximate surface area is 103 Å². The van der Waals surface area contributed by atoms with Gasteiger partial charge in [-0.1, -0.05) is 6.07 Å².